The van der Waals surface area contributed by atoms with Crippen LogP contribution < -0.4 is 10.1 Å². The van der Waals surface area contributed by atoms with Crippen LogP contribution in [0, 0.1) is 0 Å². The molecule has 0 amide bonds. The van der Waals surface area contributed by atoms with Crippen molar-refractivity contribution in [2.45, 2.75) is 25.6 Å². The molecule has 1 saturated heterocycles. The van der Waals surface area contributed by atoms with Gasteiger partial charge in [0.1, 0.15) is 0 Å². The lowest BCUT2D eigenvalue weighted by atomic mass is 10.1. The third-order valence-electron chi connectivity index (χ3n) is 4.41. The van der Waals surface area contributed by atoms with E-state index in [2.05, 4.69) is 40.5 Å². The highest BCUT2D eigenvalue weighted by atomic mass is 16.5. The molecule has 4 nitrogen and oxygen atoms in total. The van der Waals surface area contributed by atoms with E-state index in [-0.39, 0.29) is 5.75 Å². The lowest BCUT2D eigenvalue weighted by Gasteiger charge is -2.17. The fourth-order valence-corrected chi connectivity index (χ4v) is 3.11. The summed E-state index contributed by atoms with van der Waals surface area (Å²) in [4.78, 5) is 2.47. The van der Waals surface area contributed by atoms with Gasteiger partial charge in [0.2, 0.25) is 0 Å². The maximum absolute atomic E-state index is 10.1. The van der Waals surface area contributed by atoms with Gasteiger partial charge in [0.15, 0.2) is 11.5 Å². The Morgan fingerprint density at radius 1 is 1.17 bits per heavy atom. The van der Waals surface area contributed by atoms with E-state index in [1.165, 1.54) is 5.56 Å². The third kappa shape index (κ3) is 4.03. The zero-order valence-corrected chi connectivity index (χ0v) is 13.5. The van der Waals surface area contributed by atoms with E-state index in [1.54, 1.807) is 13.2 Å². The maximum atomic E-state index is 10.1. The van der Waals surface area contributed by atoms with Crippen LogP contribution >= 0.6 is 0 Å². The highest BCUT2D eigenvalue weighted by Gasteiger charge is 2.22. The Morgan fingerprint density at radius 2 is 2.00 bits per heavy atom. The monoisotopic (exact) mass is 312 g/mol. The van der Waals surface area contributed by atoms with Crippen LogP contribution in [0.2, 0.25) is 0 Å². The molecule has 1 heterocycles. The molecule has 2 N–H and O–H groups in total. The van der Waals surface area contributed by atoms with Crippen LogP contribution in [0.5, 0.6) is 11.5 Å². The van der Waals surface area contributed by atoms with Crippen molar-refractivity contribution in [3.8, 4) is 11.5 Å². The molecule has 1 atom stereocenters. The van der Waals surface area contributed by atoms with Crippen LogP contribution in [0.4, 0.5) is 0 Å². The Hall–Kier alpha value is -2.04. The molecule has 1 unspecified atom stereocenters. The lowest BCUT2D eigenvalue weighted by molar-refractivity contribution is 0.319. The van der Waals surface area contributed by atoms with Crippen molar-refractivity contribution in [1.29, 1.82) is 0 Å². The molecule has 0 aromatic heterocycles. The predicted molar refractivity (Wildman–Crippen MR) is 91.6 cm³/mol. The number of rotatable bonds is 6. The number of ether oxygens (including phenoxy) is 1. The van der Waals surface area contributed by atoms with E-state index in [9.17, 15) is 5.11 Å². The van der Waals surface area contributed by atoms with Gasteiger partial charge in [0.25, 0.3) is 0 Å². The smallest absolute Gasteiger partial charge is 0.162 e. The van der Waals surface area contributed by atoms with Crippen LogP contribution in [0.3, 0.4) is 0 Å². The number of aromatic hydroxyl groups is 1. The third-order valence-corrected chi connectivity index (χ3v) is 4.41. The summed E-state index contributed by atoms with van der Waals surface area (Å²) in [5.41, 5.74) is 2.24. The fraction of sp³-hybridized carbons (Fsp3) is 0.368. The minimum absolute atomic E-state index is 0.238. The van der Waals surface area contributed by atoms with Gasteiger partial charge in [0, 0.05) is 37.8 Å². The van der Waals surface area contributed by atoms with Gasteiger partial charge in [-0.2, -0.15) is 0 Å². The first kappa shape index (κ1) is 15.8. The van der Waals surface area contributed by atoms with E-state index in [0.717, 1.165) is 31.6 Å². The van der Waals surface area contributed by atoms with Crippen LogP contribution in [0.15, 0.2) is 48.5 Å². The molecule has 0 radical (unpaired) electrons. The standard InChI is InChI=1S/C19H24N2O2/c1-23-18-9-5-8-16(19(18)22)12-20-17-10-11-21(14-17)13-15-6-3-2-4-7-15/h2-9,17,20,22H,10-14H2,1H3. The topological polar surface area (TPSA) is 44.7 Å². The molecule has 2 aromatic rings. The van der Waals surface area contributed by atoms with Gasteiger partial charge in [-0.3, -0.25) is 4.90 Å². The van der Waals surface area contributed by atoms with E-state index in [4.69, 9.17) is 4.74 Å². The SMILES string of the molecule is COc1cccc(CNC2CCN(Cc3ccccc3)C2)c1O. The van der Waals surface area contributed by atoms with Crippen molar-refractivity contribution in [3.05, 3.63) is 59.7 Å². The summed E-state index contributed by atoms with van der Waals surface area (Å²) in [5, 5.41) is 13.7. The highest BCUT2D eigenvalue weighted by Crippen LogP contribution is 2.29. The van der Waals surface area contributed by atoms with E-state index >= 15 is 0 Å². The molecule has 1 fully saturated rings. The second kappa shape index (κ2) is 7.49. The largest absolute Gasteiger partial charge is 0.504 e. The molecule has 1 aliphatic rings. The van der Waals surface area contributed by atoms with Crippen molar-refractivity contribution in [2.24, 2.45) is 0 Å². The summed E-state index contributed by atoms with van der Waals surface area (Å²) in [7, 11) is 1.57. The van der Waals surface area contributed by atoms with E-state index in [0.29, 0.717) is 18.3 Å². The first-order valence-electron chi connectivity index (χ1n) is 8.11. The number of methoxy groups -OCH3 is 1. The van der Waals surface area contributed by atoms with Crippen LogP contribution in [-0.4, -0.2) is 36.2 Å². The zero-order chi connectivity index (χ0) is 16.1. The molecule has 122 valence electrons. The summed E-state index contributed by atoms with van der Waals surface area (Å²) < 4.78 is 5.15. The number of hydrogen-bond acceptors (Lipinski definition) is 4. The minimum atomic E-state index is 0.238. The minimum Gasteiger partial charge on any atom is -0.504 e. The number of nitrogens with one attached hydrogen (secondary N) is 1. The number of phenolic OH excluding ortho intramolecular Hbond substituents is 1. The Kier molecular flexibility index (Phi) is 5.16. The molecular formula is C19H24N2O2. The average molecular weight is 312 g/mol. The normalized spacial score (nSPS) is 18.2. The number of benzene rings is 2. The molecule has 3 rings (SSSR count). The first-order chi connectivity index (χ1) is 11.3. The van der Waals surface area contributed by atoms with Crippen molar-refractivity contribution < 1.29 is 9.84 Å². The van der Waals surface area contributed by atoms with Gasteiger partial charge in [0.05, 0.1) is 7.11 Å². The lowest BCUT2D eigenvalue weighted by Crippen LogP contribution is -2.32. The quantitative estimate of drug-likeness (QED) is 0.861. The van der Waals surface area contributed by atoms with Crippen molar-refractivity contribution >= 4 is 0 Å². The Balaban J connectivity index is 1.51. The van der Waals surface area contributed by atoms with Crippen LogP contribution in [0.1, 0.15) is 17.5 Å². The highest BCUT2D eigenvalue weighted by molar-refractivity contribution is 5.45. The zero-order valence-electron chi connectivity index (χ0n) is 13.5. The molecule has 4 heteroatoms. The van der Waals surface area contributed by atoms with Gasteiger partial charge in [-0.1, -0.05) is 42.5 Å². The summed E-state index contributed by atoms with van der Waals surface area (Å²) >= 11 is 0. The van der Waals surface area contributed by atoms with Gasteiger partial charge in [-0.25, -0.2) is 0 Å². The predicted octanol–water partition coefficient (Wildman–Crippen LogP) is 2.76. The Labute approximate surface area is 137 Å². The van der Waals surface area contributed by atoms with E-state index < -0.39 is 0 Å². The molecule has 23 heavy (non-hydrogen) atoms. The maximum Gasteiger partial charge on any atom is 0.162 e. The second-order valence-electron chi connectivity index (χ2n) is 6.06. The number of para-hydroxylation sites is 1. The molecule has 2 aromatic carbocycles. The van der Waals surface area contributed by atoms with Crippen molar-refractivity contribution in [1.82, 2.24) is 10.2 Å². The Morgan fingerprint density at radius 3 is 2.78 bits per heavy atom. The molecule has 0 saturated carbocycles. The van der Waals surface area contributed by atoms with E-state index in [1.807, 2.05) is 12.1 Å². The second-order valence-corrected chi connectivity index (χ2v) is 6.06. The Bertz CT molecular complexity index is 631. The van der Waals surface area contributed by atoms with Gasteiger partial charge < -0.3 is 15.2 Å². The fourth-order valence-electron chi connectivity index (χ4n) is 3.11. The number of nitrogens with zero attached hydrogens (tertiary/aromatic N) is 1. The van der Waals surface area contributed by atoms with Crippen molar-refractivity contribution in [2.75, 3.05) is 20.2 Å². The molecule has 1 aliphatic heterocycles. The molecule has 0 aliphatic carbocycles. The number of phenols is 1. The molecule has 0 spiro atoms. The van der Waals surface area contributed by atoms with Crippen LogP contribution in [0.25, 0.3) is 0 Å². The summed E-state index contributed by atoms with van der Waals surface area (Å²) in [6.45, 7) is 3.81. The van der Waals surface area contributed by atoms with Crippen molar-refractivity contribution in [3.63, 3.8) is 0 Å². The number of hydrogen-bond donors (Lipinski definition) is 2. The van der Waals surface area contributed by atoms with Gasteiger partial charge in [-0.05, 0) is 18.1 Å². The average Bonchev–Trinajstić information content (AvgIpc) is 3.02. The summed E-state index contributed by atoms with van der Waals surface area (Å²) in [6.07, 6.45) is 1.14. The first-order valence-corrected chi connectivity index (χ1v) is 8.11. The molecular weight excluding hydrogens is 288 g/mol. The number of likely N-dealkylation sites (tertiary alicyclic amines) is 1. The van der Waals surface area contributed by atoms with Gasteiger partial charge in [-0.15, -0.1) is 0 Å². The van der Waals surface area contributed by atoms with Crippen LogP contribution in [-0.2, 0) is 13.1 Å². The summed E-state index contributed by atoms with van der Waals surface area (Å²) in [5.74, 6) is 0.767. The molecule has 0 bridgehead atoms. The summed E-state index contributed by atoms with van der Waals surface area (Å²) in [6, 6.07) is 16.7. The van der Waals surface area contributed by atoms with Gasteiger partial charge >= 0.3 is 0 Å².